The average Bonchev–Trinajstić information content (AvgIpc) is 3.71. The average molecular weight is 642 g/mol. The van der Waals surface area contributed by atoms with Gasteiger partial charge >= 0.3 is 0 Å². The monoisotopic (exact) mass is 641 g/mol. The van der Waals surface area contributed by atoms with Crippen LogP contribution >= 0.6 is 0 Å². The first-order valence-corrected chi connectivity index (χ1v) is 17.1. The molecule has 0 aliphatic heterocycles. The summed E-state index contributed by atoms with van der Waals surface area (Å²) >= 11 is 0. The molecular weight excluding hydrogens is 611 g/mol. The van der Waals surface area contributed by atoms with Crippen molar-refractivity contribution < 1.29 is 0 Å². The van der Waals surface area contributed by atoms with Crippen molar-refractivity contribution in [3.05, 3.63) is 169 Å². The summed E-state index contributed by atoms with van der Waals surface area (Å²) in [6.45, 7) is 0. The van der Waals surface area contributed by atoms with Crippen molar-refractivity contribution >= 4 is 38.8 Å². The third-order valence-electron chi connectivity index (χ3n) is 9.85. The number of aromatic nitrogens is 5. The molecule has 0 atom stereocenters. The molecule has 5 heteroatoms. The van der Waals surface area contributed by atoms with Crippen molar-refractivity contribution in [1.29, 1.82) is 0 Å². The summed E-state index contributed by atoms with van der Waals surface area (Å²) in [5.41, 5.74) is 10.9. The summed E-state index contributed by atoms with van der Waals surface area (Å²) in [4.78, 5) is 15.7. The fourth-order valence-electron chi connectivity index (χ4n) is 7.68. The zero-order valence-electron chi connectivity index (χ0n) is 27.2. The van der Waals surface area contributed by atoms with Gasteiger partial charge in [-0.25, -0.2) is 15.0 Å². The fraction of sp³-hybridized carbons (Fsp3) is 0.0444. The molecule has 1 aliphatic rings. The van der Waals surface area contributed by atoms with Crippen LogP contribution in [0, 0.1) is 0 Å². The molecule has 0 N–H and O–H groups in total. The van der Waals surface area contributed by atoms with E-state index >= 15 is 0 Å². The molecule has 236 valence electrons. The minimum absolute atomic E-state index is 0.628. The fourth-order valence-corrected chi connectivity index (χ4v) is 7.68. The summed E-state index contributed by atoms with van der Waals surface area (Å²) in [5, 5.41) is 3.66. The van der Waals surface area contributed by atoms with Gasteiger partial charge < -0.3 is 9.13 Å². The molecule has 0 bridgehead atoms. The predicted molar refractivity (Wildman–Crippen MR) is 205 cm³/mol. The van der Waals surface area contributed by atoms with Crippen LogP contribution in [0.25, 0.3) is 84.3 Å². The third kappa shape index (κ3) is 4.44. The van der Waals surface area contributed by atoms with Crippen molar-refractivity contribution in [2.45, 2.75) is 12.8 Å². The Hall–Kier alpha value is -6.59. The van der Waals surface area contributed by atoms with Gasteiger partial charge in [-0.1, -0.05) is 133 Å². The second kappa shape index (κ2) is 11.5. The maximum Gasteiger partial charge on any atom is 0.168 e. The van der Waals surface area contributed by atoms with Gasteiger partial charge in [-0.3, -0.25) is 0 Å². The number of fused-ring (bicyclic) bond motifs is 6. The quantitative estimate of drug-likeness (QED) is 0.188. The van der Waals surface area contributed by atoms with Gasteiger partial charge in [-0.2, -0.15) is 0 Å². The summed E-state index contributed by atoms with van der Waals surface area (Å²) < 4.78 is 4.84. The van der Waals surface area contributed by atoms with E-state index in [4.69, 9.17) is 15.0 Å². The van der Waals surface area contributed by atoms with E-state index in [1.807, 2.05) is 36.4 Å². The lowest BCUT2D eigenvalue weighted by Gasteiger charge is -2.21. The van der Waals surface area contributed by atoms with Crippen LogP contribution in [-0.4, -0.2) is 24.1 Å². The highest BCUT2D eigenvalue weighted by Gasteiger charge is 2.26. The Kier molecular flexibility index (Phi) is 6.56. The third-order valence-corrected chi connectivity index (χ3v) is 9.85. The second-order valence-electron chi connectivity index (χ2n) is 12.7. The highest BCUT2D eigenvalue weighted by Crippen LogP contribution is 2.42. The second-order valence-corrected chi connectivity index (χ2v) is 12.7. The van der Waals surface area contributed by atoms with Gasteiger partial charge in [0, 0.05) is 38.5 Å². The molecule has 0 radical (unpaired) electrons. The van der Waals surface area contributed by atoms with Gasteiger partial charge in [0.25, 0.3) is 0 Å². The molecule has 0 amide bonds. The number of allylic oxidation sites excluding steroid dienone is 1. The molecule has 3 heterocycles. The molecule has 3 aromatic heterocycles. The minimum atomic E-state index is 0.628. The minimum Gasteiger partial charge on any atom is -0.312 e. The molecule has 0 saturated heterocycles. The summed E-state index contributed by atoms with van der Waals surface area (Å²) in [6, 6.07) is 53.1. The molecule has 1 aliphatic carbocycles. The molecule has 6 aromatic carbocycles. The number of hydrogen-bond donors (Lipinski definition) is 0. The van der Waals surface area contributed by atoms with Crippen molar-refractivity contribution in [3.8, 4) is 45.5 Å². The predicted octanol–water partition coefficient (Wildman–Crippen LogP) is 10.9. The Balaban J connectivity index is 1.37. The van der Waals surface area contributed by atoms with Gasteiger partial charge in [0.05, 0.1) is 33.5 Å². The van der Waals surface area contributed by atoms with E-state index in [1.165, 1.54) is 32.9 Å². The lowest BCUT2D eigenvalue weighted by molar-refractivity contribution is 0.887. The Bertz CT molecular complexity index is 2640. The molecule has 9 aromatic rings. The summed E-state index contributed by atoms with van der Waals surface area (Å²) in [6.07, 6.45) is 6.52. The van der Waals surface area contributed by atoms with Gasteiger partial charge in [0.2, 0.25) is 0 Å². The first-order chi connectivity index (χ1) is 24.8. The van der Waals surface area contributed by atoms with Crippen LogP contribution in [0.15, 0.2) is 158 Å². The number of para-hydroxylation sites is 3. The number of nitrogens with zero attached hydrogens (tertiary/aromatic N) is 5. The zero-order chi connectivity index (χ0) is 33.0. The van der Waals surface area contributed by atoms with E-state index in [0.29, 0.717) is 17.5 Å². The van der Waals surface area contributed by atoms with E-state index in [0.717, 1.165) is 51.9 Å². The lowest BCUT2D eigenvalue weighted by Crippen LogP contribution is -2.10. The van der Waals surface area contributed by atoms with E-state index in [9.17, 15) is 0 Å². The Labute approximate surface area is 289 Å². The Morgan fingerprint density at radius 3 is 1.50 bits per heavy atom. The van der Waals surface area contributed by atoms with E-state index in [2.05, 4.69) is 137 Å². The van der Waals surface area contributed by atoms with Gasteiger partial charge in [-0.15, -0.1) is 0 Å². The van der Waals surface area contributed by atoms with Crippen molar-refractivity contribution in [1.82, 2.24) is 24.1 Å². The van der Waals surface area contributed by atoms with Crippen LogP contribution in [0.3, 0.4) is 0 Å². The largest absolute Gasteiger partial charge is 0.312 e. The maximum atomic E-state index is 5.33. The first-order valence-electron chi connectivity index (χ1n) is 17.1. The molecule has 0 saturated carbocycles. The van der Waals surface area contributed by atoms with Crippen molar-refractivity contribution in [2.75, 3.05) is 0 Å². The van der Waals surface area contributed by atoms with Gasteiger partial charge in [-0.05, 0) is 43.2 Å². The molecule has 5 nitrogen and oxygen atoms in total. The van der Waals surface area contributed by atoms with Gasteiger partial charge in [0.1, 0.15) is 0 Å². The van der Waals surface area contributed by atoms with Gasteiger partial charge in [0.15, 0.2) is 17.5 Å². The molecule has 0 spiro atoms. The van der Waals surface area contributed by atoms with Crippen LogP contribution in [0.4, 0.5) is 0 Å². The molecule has 0 unspecified atom stereocenters. The first kappa shape index (κ1) is 28.4. The summed E-state index contributed by atoms with van der Waals surface area (Å²) in [5.74, 6) is 1.91. The number of rotatable bonds is 5. The van der Waals surface area contributed by atoms with Crippen molar-refractivity contribution in [2.24, 2.45) is 0 Å². The topological polar surface area (TPSA) is 48.5 Å². The van der Waals surface area contributed by atoms with Crippen molar-refractivity contribution in [3.63, 3.8) is 0 Å². The maximum absolute atomic E-state index is 5.33. The highest BCUT2D eigenvalue weighted by molar-refractivity contribution is 6.10. The van der Waals surface area contributed by atoms with E-state index < -0.39 is 0 Å². The highest BCUT2D eigenvalue weighted by atomic mass is 15.1. The van der Waals surface area contributed by atoms with Crippen LogP contribution in [0.1, 0.15) is 17.7 Å². The number of hydrogen-bond acceptors (Lipinski definition) is 3. The molecular formula is C45H31N5. The standard InChI is InChI=1S/C45H31N5/c1-3-16-30(17-4-1)43-46-44(31-18-5-2-6-19-31)48-45(47-43)42-40(49-36-24-11-7-20-32(36)33-21-8-12-25-37(33)49)28-15-29-41(42)50-38-26-13-9-22-34(38)35-23-10-14-27-39(35)50/h1-13,15-26,28-29H,14,27H2. The van der Waals surface area contributed by atoms with Crippen LogP contribution in [-0.2, 0) is 6.42 Å². The molecule has 50 heavy (non-hydrogen) atoms. The normalized spacial score (nSPS) is 12.6. The van der Waals surface area contributed by atoms with E-state index in [1.54, 1.807) is 0 Å². The molecule has 0 fully saturated rings. The summed E-state index contributed by atoms with van der Waals surface area (Å²) in [7, 11) is 0. The van der Waals surface area contributed by atoms with E-state index in [-0.39, 0.29) is 0 Å². The molecule has 10 rings (SSSR count). The smallest absolute Gasteiger partial charge is 0.168 e. The van der Waals surface area contributed by atoms with Crippen LogP contribution in [0.2, 0.25) is 0 Å². The SMILES string of the molecule is C1=Cc2c(n(-c3cccc(-n4c5ccccc5c5ccccc54)c3-c3nc(-c4ccccc4)nc(-c4ccccc4)n3)c3ccccc23)CC1. The van der Waals surface area contributed by atoms with Crippen LogP contribution in [0.5, 0.6) is 0 Å². The Morgan fingerprint density at radius 1 is 0.420 bits per heavy atom. The zero-order valence-corrected chi connectivity index (χ0v) is 27.2. The lowest BCUT2D eigenvalue weighted by atomic mass is 10.0. The van der Waals surface area contributed by atoms with Crippen LogP contribution < -0.4 is 0 Å². The number of benzene rings is 6. The Morgan fingerprint density at radius 2 is 0.900 bits per heavy atom.